The second-order valence-electron chi connectivity index (χ2n) is 6.46. The summed E-state index contributed by atoms with van der Waals surface area (Å²) in [5.74, 6) is 0.573. The van der Waals surface area contributed by atoms with Crippen LogP contribution in [0.3, 0.4) is 0 Å². The van der Waals surface area contributed by atoms with E-state index in [-0.39, 0.29) is 30.9 Å². The summed E-state index contributed by atoms with van der Waals surface area (Å²) in [5.41, 5.74) is 2.26. The van der Waals surface area contributed by atoms with Crippen molar-refractivity contribution in [3.8, 4) is 5.75 Å². The van der Waals surface area contributed by atoms with Gasteiger partial charge >= 0.3 is 12.3 Å². The lowest BCUT2D eigenvalue weighted by atomic mass is 9.96. The third-order valence-electron chi connectivity index (χ3n) is 4.87. The molecule has 9 heteroatoms. The van der Waals surface area contributed by atoms with Crippen LogP contribution >= 0.6 is 0 Å². The van der Waals surface area contributed by atoms with Crippen LogP contribution in [-0.4, -0.2) is 41.5 Å². The van der Waals surface area contributed by atoms with E-state index in [0.29, 0.717) is 12.2 Å². The van der Waals surface area contributed by atoms with E-state index in [9.17, 15) is 9.59 Å². The molecule has 2 aliphatic rings. The van der Waals surface area contributed by atoms with Crippen LogP contribution in [0.4, 0.5) is 15.4 Å². The smallest absolute Gasteiger partial charge is 0.435 e. The Balaban J connectivity index is 1.69. The van der Waals surface area contributed by atoms with Crippen LogP contribution in [0.1, 0.15) is 31.0 Å². The first-order valence-corrected chi connectivity index (χ1v) is 9.22. The minimum Gasteiger partial charge on any atom is -0.435 e. The Morgan fingerprint density at radius 2 is 1.93 bits per heavy atom. The van der Waals surface area contributed by atoms with Crippen molar-refractivity contribution in [2.75, 3.05) is 18.5 Å². The molecule has 3 unspecified atom stereocenters. The van der Waals surface area contributed by atoms with Crippen LogP contribution in [0.5, 0.6) is 5.75 Å². The van der Waals surface area contributed by atoms with E-state index >= 15 is 0 Å². The van der Waals surface area contributed by atoms with Gasteiger partial charge < -0.3 is 24.3 Å². The Hall–Kier alpha value is -3.23. The number of aromatic nitrogens is 2. The molecule has 2 heterocycles. The predicted octanol–water partition coefficient (Wildman–Crippen LogP) is 3.10. The highest BCUT2D eigenvalue weighted by Crippen LogP contribution is 2.47. The van der Waals surface area contributed by atoms with Crippen molar-refractivity contribution < 1.29 is 28.5 Å². The summed E-state index contributed by atoms with van der Waals surface area (Å²) in [6.07, 6.45) is -0.0763. The van der Waals surface area contributed by atoms with E-state index in [1.54, 1.807) is 18.5 Å². The first-order valence-electron chi connectivity index (χ1n) is 9.22. The molecule has 9 nitrogen and oxygen atoms in total. The molecule has 3 atom stereocenters. The zero-order chi connectivity index (χ0) is 19.7. The van der Waals surface area contributed by atoms with Crippen molar-refractivity contribution in [3.05, 3.63) is 41.6 Å². The first kappa shape index (κ1) is 18.1. The Morgan fingerprint density at radius 3 is 2.71 bits per heavy atom. The van der Waals surface area contributed by atoms with E-state index in [1.165, 1.54) is 6.20 Å². The number of hydrogen-bond acceptors (Lipinski definition) is 8. The van der Waals surface area contributed by atoms with Crippen LogP contribution in [0.25, 0.3) is 0 Å². The molecule has 148 valence electrons. The van der Waals surface area contributed by atoms with Crippen molar-refractivity contribution in [2.24, 2.45) is 5.92 Å². The molecule has 1 aliphatic carbocycles. The third kappa shape index (κ3) is 3.12. The largest absolute Gasteiger partial charge is 0.514 e. The fraction of sp³-hybridized carbons (Fsp3) is 0.421. The summed E-state index contributed by atoms with van der Waals surface area (Å²) in [5, 5.41) is 7.54. The summed E-state index contributed by atoms with van der Waals surface area (Å²) in [6, 6.07) is 7.86. The van der Waals surface area contributed by atoms with E-state index in [2.05, 4.69) is 10.4 Å². The average Bonchev–Trinajstić information content (AvgIpc) is 3.24. The summed E-state index contributed by atoms with van der Waals surface area (Å²) < 4.78 is 22.3. The van der Waals surface area contributed by atoms with Gasteiger partial charge in [0, 0.05) is 5.92 Å². The molecule has 28 heavy (non-hydrogen) atoms. The lowest BCUT2D eigenvalue weighted by molar-refractivity contribution is 0.00529. The number of anilines is 1. The molecule has 4 rings (SSSR count). The molecular formula is C19H21N3O6. The molecule has 0 fully saturated rings. The molecule has 0 saturated carbocycles. The maximum atomic E-state index is 12.0. The van der Waals surface area contributed by atoms with E-state index in [4.69, 9.17) is 18.9 Å². The summed E-state index contributed by atoms with van der Waals surface area (Å²) in [6.45, 7) is 3.82. The topological polar surface area (TPSA) is 101 Å². The highest BCUT2D eigenvalue weighted by molar-refractivity contribution is 5.68. The highest BCUT2D eigenvalue weighted by atomic mass is 16.7. The van der Waals surface area contributed by atoms with Crippen molar-refractivity contribution >= 4 is 18.1 Å². The number of hydrogen-bond donors (Lipinski definition) is 1. The monoisotopic (exact) mass is 387 g/mol. The molecule has 0 bridgehead atoms. The van der Waals surface area contributed by atoms with E-state index in [1.807, 2.05) is 24.3 Å². The number of benzene rings is 1. The number of nitrogens with zero attached hydrogens (tertiary/aromatic N) is 2. The highest BCUT2D eigenvalue weighted by Gasteiger charge is 2.46. The number of carbonyl (C=O) groups is 2. The lowest BCUT2D eigenvalue weighted by Crippen LogP contribution is -2.43. The van der Waals surface area contributed by atoms with Gasteiger partial charge in [-0.2, -0.15) is 5.10 Å². The van der Waals surface area contributed by atoms with Crippen molar-refractivity contribution in [2.45, 2.75) is 32.5 Å². The second kappa shape index (κ2) is 7.41. The second-order valence-corrected chi connectivity index (χ2v) is 6.46. The number of fused-ring (bicyclic) bond motifs is 5. The van der Waals surface area contributed by atoms with Gasteiger partial charge in [-0.15, -0.1) is 0 Å². The van der Waals surface area contributed by atoms with Crippen LogP contribution in [0.15, 0.2) is 30.5 Å². The molecule has 0 radical (unpaired) electrons. The molecule has 1 aromatic carbocycles. The number of carbonyl (C=O) groups excluding carboxylic acids is 2. The normalized spacial score (nSPS) is 21.6. The quantitative estimate of drug-likeness (QED) is 0.799. The van der Waals surface area contributed by atoms with Crippen LogP contribution in [0, 0.1) is 5.92 Å². The van der Waals surface area contributed by atoms with Gasteiger partial charge in [-0.25, -0.2) is 14.3 Å². The zero-order valence-corrected chi connectivity index (χ0v) is 15.6. The molecule has 0 amide bonds. The number of rotatable bonds is 4. The molecular weight excluding hydrogens is 366 g/mol. The van der Waals surface area contributed by atoms with Gasteiger partial charge in [-0.05, 0) is 31.4 Å². The first-order chi connectivity index (χ1) is 13.6. The van der Waals surface area contributed by atoms with Crippen molar-refractivity contribution in [3.63, 3.8) is 0 Å². The Kier molecular flexibility index (Phi) is 4.81. The Morgan fingerprint density at radius 1 is 1.18 bits per heavy atom. The van der Waals surface area contributed by atoms with Crippen LogP contribution < -0.4 is 10.1 Å². The fourth-order valence-electron chi connectivity index (χ4n) is 3.81. The molecule has 1 aromatic heterocycles. The summed E-state index contributed by atoms with van der Waals surface area (Å²) in [7, 11) is 0. The van der Waals surface area contributed by atoms with Gasteiger partial charge in [-0.3, -0.25) is 0 Å². The number of nitrogens with one attached hydrogen (secondary N) is 1. The fourth-order valence-corrected chi connectivity index (χ4v) is 3.81. The lowest BCUT2D eigenvalue weighted by Gasteiger charge is -2.35. The van der Waals surface area contributed by atoms with Gasteiger partial charge in [0.15, 0.2) is 17.8 Å². The summed E-state index contributed by atoms with van der Waals surface area (Å²) >= 11 is 0. The standard InChI is InChI=1S/C19H21N3O6/c1-3-25-18(23)27-14-10-20-22-15-12-8-6-5-7-11(12)9-13(15)17(21-16(14)22)28-19(24)26-4-2/h5-8,10,13,15,17,21H,3-4,9H2,1-2H3. The van der Waals surface area contributed by atoms with Crippen LogP contribution in [0.2, 0.25) is 0 Å². The Bertz CT molecular complexity index is 896. The SMILES string of the molecule is CCOC(=O)Oc1cnn2c1NC(OC(=O)OCC)C1Cc3ccccc3C12. The Labute approximate surface area is 161 Å². The third-order valence-corrected chi connectivity index (χ3v) is 4.87. The summed E-state index contributed by atoms with van der Waals surface area (Å²) in [4.78, 5) is 23.7. The van der Waals surface area contributed by atoms with Crippen molar-refractivity contribution in [1.82, 2.24) is 9.78 Å². The molecule has 2 aromatic rings. The van der Waals surface area contributed by atoms with Gasteiger partial charge in [0.05, 0.1) is 25.5 Å². The van der Waals surface area contributed by atoms with E-state index < -0.39 is 18.5 Å². The van der Waals surface area contributed by atoms with Crippen molar-refractivity contribution in [1.29, 1.82) is 0 Å². The minimum absolute atomic E-state index is 0.0790. The molecule has 0 spiro atoms. The van der Waals surface area contributed by atoms with Gasteiger partial charge in [0.1, 0.15) is 0 Å². The van der Waals surface area contributed by atoms with Gasteiger partial charge in [-0.1, -0.05) is 24.3 Å². The molecule has 0 saturated heterocycles. The van der Waals surface area contributed by atoms with Crippen LogP contribution in [-0.2, 0) is 20.6 Å². The predicted molar refractivity (Wildman–Crippen MR) is 97.2 cm³/mol. The average molecular weight is 387 g/mol. The van der Waals surface area contributed by atoms with E-state index in [0.717, 1.165) is 11.1 Å². The maximum Gasteiger partial charge on any atom is 0.514 e. The van der Waals surface area contributed by atoms with Gasteiger partial charge in [0.2, 0.25) is 0 Å². The van der Waals surface area contributed by atoms with Gasteiger partial charge in [0.25, 0.3) is 0 Å². The minimum atomic E-state index is -0.822. The molecule has 1 N–H and O–H groups in total. The maximum absolute atomic E-state index is 12.0. The number of ether oxygens (including phenoxy) is 4. The zero-order valence-electron chi connectivity index (χ0n) is 15.6. The molecule has 1 aliphatic heterocycles.